The van der Waals surface area contributed by atoms with E-state index in [2.05, 4.69) is 24.1 Å². The molecule has 0 aliphatic carbocycles. The van der Waals surface area contributed by atoms with E-state index >= 15 is 0 Å². The maximum atomic E-state index is 12.7. The van der Waals surface area contributed by atoms with Gasteiger partial charge in [0.1, 0.15) is 6.04 Å². The molecule has 1 aliphatic rings. The van der Waals surface area contributed by atoms with Gasteiger partial charge in [0.05, 0.1) is 17.2 Å². The van der Waals surface area contributed by atoms with E-state index in [4.69, 9.17) is 0 Å². The van der Waals surface area contributed by atoms with E-state index < -0.39 is 0 Å². The predicted molar refractivity (Wildman–Crippen MR) is 92.2 cm³/mol. The summed E-state index contributed by atoms with van der Waals surface area (Å²) in [5.41, 5.74) is 0.974. The molecule has 5 nitrogen and oxygen atoms in total. The molecule has 1 aromatic heterocycles. The van der Waals surface area contributed by atoms with Gasteiger partial charge in [0.15, 0.2) is 0 Å². The van der Waals surface area contributed by atoms with Crippen molar-refractivity contribution in [3.63, 3.8) is 0 Å². The van der Waals surface area contributed by atoms with Crippen molar-refractivity contribution in [3.8, 4) is 0 Å². The highest BCUT2D eigenvalue weighted by Crippen LogP contribution is 2.20. The first-order valence-electron chi connectivity index (χ1n) is 8.38. The number of thiazole rings is 1. The van der Waals surface area contributed by atoms with Crippen molar-refractivity contribution in [3.05, 3.63) is 15.6 Å². The number of carbonyl (C=O) groups is 2. The Balaban J connectivity index is 2.04. The van der Waals surface area contributed by atoms with Gasteiger partial charge in [-0.25, -0.2) is 4.98 Å². The van der Waals surface area contributed by atoms with Gasteiger partial charge < -0.3 is 10.2 Å². The molecule has 2 amide bonds. The Morgan fingerprint density at radius 2 is 2.09 bits per heavy atom. The average molecular weight is 337 g/mol. The Morgan fingerprint density at radius 1 is 1.35 bits per heavy atom. The highest BCUT2D eigenvalue weighted by molar-refractivity contribution is 7.11. The van der Waals surface area contributed by atoms with Crippen molar-refractivity contribution < 1.29 is 9.59 Å². The predicted octanol–water partition coefficient (Wildman–Crippen LogP) is 2.80. The highest BCUT2D eigenvalue weighted by Gasteiger charge is 2.31. The van der Waals surface area contributed by atoms with Crippen LogP contribution in [0.2, 0.25) is 0 Å². The molecule has 2 rings (SSSR count). The molecule has 128 valence electrons. The fourth-order valence-corrected chi connectivity index (χ4v) is 3.88. The Hall–Kier alpha value is -1.43. The van der Waals surface area contributed by atoms with E-state index in [1.807, 2.05) is 13.8 Å². The summed E-state index contributed by atoms with van der Waals surface area (Å²) in [6.45, 7) is 9.30. The van der Waals surface area contributed by atoms with Crippen molar-refractivity contribution in [1.82, 2.24) is 15.2 Å². The lowest BCUT2D eigenvalue weighted by molar-refractivity contribution is -0.143. The number of nitrogens with zero attached hydrogens (tertiary/aromatic N) is 2. The fraction of sp³-hybridized carbons (Fsp3) is 0.706. The number of aryl methyl sites for hydroxylation is 2. The quantitative estimate of drug-likeness (QED) is 0.868. The smallest absolute Gasteiger partial charge is 0.243 e. The number of likely N-dealkylation sites (tertiary alicyclic amines) is 1. The second kappa shape index (κ2) is 7.90. The lowest BCUT2D eigenvalue weighted by Crippen LogP contribution is -2.51. The first-order valence-corrected chi connectivity index (χ1v) is 9.20. The van der Waals surface area contributed by atoms with Crippen LogP contribution in [0.4, 0.5) is 0 Å². The lowest BCUT2D eigenvalue weighted by Gasteiger charge is -2.34. The standard InChI is InChI=1S/C17H27N3O2S/c1-11(2)9-14(20-8-6-5-7-16(20)21)17(22)18-10-15-12(3)19-13(4)23-15/h11,14H,5-10H2,1-4H3,(H,18,22)/t14-/m0/s1. The molecule has 0 saturated carbocycles. The summed E-state index contributed by atoms with van der Waals surface area (Å²) < 4.78 is 0. The molecule has 1 atom stereocenters. The van der Waals surface area contributed by atoms with Gasteiger partial charge in [0.2, 0.25) is 11.8 Å². The van der Waals surface area contributed by atoms with Crippen molar-refractivity contribution in [2.24, 2.45) is 5.92 Å². The summed E-state index contributed by atoms with van der Waals surface area (Å²) in [5.74, 6) is 0.439. The number of nitrogens with one attached hydrogen (secondary N) is 1. The van der Waals surface area contributed by atoms with Gasteiger partial charge in [0, 0.05) is 17.8 Å². The van der Waals surface area contributed by atoms with Gasteiger partial charge in [0.25, 0.3) is 0 Å². The van der Waals surface area contributed by atoms with Gasteiger partial charge in [-0.05, 0) is 39.0 Å². The molecule has 1 aromatic rings. The second-order valence-electron chi connectivity index (χ2n) is 6.65. The van der Waals surface area contributed by atoms with E-state index in [-0.39, 0.29) is 17.9 Å². The number of hydrogen-bond acceptors (Lipinski definition) is 4. The van der Waals surface area contributed by atoms with Crippen molar-refractivity contribution in [2.45, 2.75) is 66.0 Å². The fourth-order valence-electron chi connectivity index (χ4n) is 3.00. The molecule has 6 heteroatoms. The average Bonchev–Trinajstić information content (AvgIpc) is 2.81. The van der Waals surface area contributed by atoms with E-state index in [9.17, 15) is 9.59 Å². The zero-order valence-corrected chi connectivity index (χ0v) is 15.3. The van der Waals surface area contributed by atoms with Crippen LogP contribution in [-0.2, 0) is 16.1 Å². The molecule has 0 unspecified atom stereocenters. The van der Waals surface area contributed by atoms with Gasteiger partial charge in [-0.3, -0.25) is 9.59 Å². The van der Waals surface area contributed by atoms with Crippen LogP contribution in [-0.4, -0.2) is 34.3 Å². The molecule has 2 heterocycles. The SMILES string of the molecule is Cc1nc(C)c(CNC(=O)[C@H](CC(C)C)N2CCCCC2=O)s1. The Labute approximate surface area is 142 Å². The number of aromatic nitrogens is 1. The lowest BCUT2D eigenvalue weighted by atomic mass is 9.98. The van der Waals surface area contributed by atoms with Crippen LogP contribution >= 0.6 is 11.3 Å². The van der Waals surface area contributed by atoms with Crippen molar-refractivity contribution >= 4 is 23.2 Å². The van der Waals surface area contributed by atoms with E-state index in [1.54, 1.807) is 16.2 Å². The molecule has 0 bridgehead atoms. The van der Waals surface area contributed by atoms with E-state index in [0.717, 1.165) is 28.4 Å². The third-order valence-corrected chi connectivity index (χ3v) is 5.23. The second-order valence-corrected chi connectivity index (χ2v) is 7.94. The van der Waals surface area contributed by atoms with Crippen LogP contribution in [0.1, 0.15) is 55.1 Å². The largest absolute Gasteiger partial charge is 0.349 e. The summed E-state index contributed by atoms with van der Waals surface area (Å²) in [4.78, 5) is 32.1. The highest BCUT2D eigenvalue weighted by atomic mass is 32.1. The van der Waals surface area contributed by atoms with Gasteiger partial charge in [-0.15, -0.1) is 11.3 Å². The van der Waals surface area contributed by atoms with E-state index in [0.29, 0.717) is 31.8 Å². The number of carbonyl (C=O) groups excluding carboxylic acids is 2. The first-order chi connectivity index (χ1) is 10.9. The third-order valence-electron chi connectivity index (χ3n) is 4.16. The molecule has 23 heavy (non-hydrogen) atoms. The minimum absolute atomic E-state index is 0.0422. The van der Waals surface area contributed by atoms with Gasteiger partial charge in [-0.1, -0.05) is 13.8 Å². The summed E-state index contributed by atoms with van der Waals surface area (Å²) >= 11 is 1.61. The molecule has 1 N–H and O–H groups in total. The van der Waals surface area contributed by atoms with Crippen LogP contribution in [0.3, 0.4) is 0 Å². The number of amides is 2. The number of rotatable bonds is 6. The van der Waals surface area contributed by atoms with E-state index in [1.165, 1.54) is 0 Å². The normalized spacial score (nSPS) is 16.7. The molecular weight excluding hydrogens is 310 g/mol. The molecule has 1 saturated heterocycles. The monoisotopic (exact) mass is 337 g/mol. The zero-order valence-electron chi connectivity index (χ0n) is 14.5. The van der Waals surface area contributed by atoms with Crippen molar-refractivity contribution in [2.75, 3.05) is 6.54 Å². The van der Waals surface area contributed by atoms with Crippen LogP contribution in [0.5, 0.6) is 0 Å². The molecule has 0 radical (unpaired) electrons. The van der Waals surface area contributed by atoms with Crippen LogP contribution in [0.15, 0.2) is 0 Å². The van der Waals surface area contributed by atoms with Crippen molar-refractivity contribution in [1.29, 1.82) is 0 Å². The van der Waals surface area contributed by atoms with Gasteiger partial charge >= 0.3 is 0 Å². The van der Waals surface area contributed by atoms with Crippen LogP contribution < -0.4 is 5.32 Å². The molecular formula is C17H27N3O2S. The summed E-state index contributed by atoms with van der Waals surface area (Å²) in [5, 5.41) is 4.02. The Kier molecular flexibility index (Phi) is 6.16. The topological polar surface area (TPSA) is 62.3 Å². The maximum absolute atomic E-state index is 12.7. The minimum atomic E-state index is -0.350. The summed E-state index contributed by atoms with van der Waals surface area (Å²) in [6.07, 6.45) is 3.19. The third kappa shape index (κ3) is 4.77. The maximum Gasteiger partial charge on any atom is 0.243 e. The first kappa shape index (κ1) is 17.9. The molecule has 1 fully saturated rings. The molecule has 0 spiro atoms. The minimum Gasteiger partial charge on any atom is -0.349 e. The summed E-state index contributed by atoms with van der Waals surface area (Å²) in [6, 6.07) is -0.350. The zero-order chi connectivity index (χ0) is 17.0. The Bertz CT molecular complexity index is 568. The number of piperidine rings is 1. The number of hydrogen-bond donors (Lipinski definition) is 1. The molecule has 1 aliphatic heterocycles. The van der Waals surface area contributed by atoms with Crippen LogP contribution in [0.25, 0.3) is 0 Å². The Morgan fingerprint density at radius 3 is 2.65 bits per heavy atom. The van der Waals surface area contributed by atoms with Crippen LogP contribution in [0, 0.1) is 19.8 Å². The molecule has 0 aromatic carbocycles. The summed E-state index contributed by atoms with van der Waals surface area (Å²) in [7, 11) is 0. The van der Waals surface area contributed by atoms with Gasteiger partial charge in [-0.2, -0.15) is 0 Å².